The Balaban J connectivity index is 2.58. The van der Waals surface area contributed by atoms with Crippen LogP contribution in [-0.2, 0) is 0 Å². The molecule has 0 spiro atoms. The van der Waals surface area contributed by atoms with E-state index in [0.717, 1.165) is 0 Å². The second-order valence-electron chi connectivity index (χ2n) is 3.57. The van der Waals surface area contributed by atoms with Crippen LogP contribution in [0.25, 0.3) is 21.4 Å². The van der Waals surface area contributed by atoms with Gasteiger partial charge in [-0.25, -0.2) is 4.79 Å². The molecule has 1 heterocycles. The summed E-state index contributed by atoms with van der Waals surface area (Å²) in [5.41, 5.74) is 7.34. The van der Waals surface area contributed by atoms with Gasteiger partial charge in [0.25, 0.3) is 5.91 Å². The van der Waals surface area contributed by atoms with E-state index in [9.17, 15) is 9.59 Å². The molecule has 7 nitrogen and oxygen atoms in total. The summed E-state index contributed by atoms with van der Waals surface area (Å²) >= 11 is 0. The summed E-state index contributed by atoms with van der Waals surface area (Å²) in [7, 11) is 0. The second-order valence-corrected chi connectivity index (χ2v) is 3.57. The fraction of sp³-hybridized carbons (Fsp3) is 0.167. The lowest BCUT2D eigenvalue weighted by Gasteiger charge is -2.04. The van der Waals surface area contributed by atoms with Gasteiger partial charge in [-0.05, 0) is 35.8 Å². The molecule has 0 N–H and O–H groups in total. The van der Waals surface area contributed by atoms with Gasteiger partial charge in [0.05, 0.1) is 6.61 Å². The van der Waals surface area contributed by atoms with Crippen molar-refractivity contribution in [1.29, 1.82) is 0 Å². The van der Waals surface area contributed by atoms with Crippen molar-refractivity contribution in [3.05, 3.63) is 50.7 Å². The molecule has 19 heavy (non-hydrogen) atoms. The van der Waals surface area contributed by atoms with Gasteiger partial charge >= 0.3 is 5.63 Å². The van der Waals surface area contributed by atoms with Crippen LogP contribution in [0.3, 0.4) is 0 Å². The van der Waals surface area contributed by atoms with Crippen LogP contribution in [0.2, 0.25) is 0 Å². The van der Waals surface area contributed by atoms with Crippen LogP contribution < -0.4 is 10.4 Å². The zero-order valence-electron chi connectivity index (χ0n) is 9.99. The first kappa shape index (κ1) is 12.7. The molecule has 0 aliphatic rings. The summed E-state index contributed by atoms with van der Waals surface area (Å²) in [5, 5.41) is 3.41. The SMILES string of the molecule is CCOc1ccc2cc(C(=O)N=[N+]=[N-])c(=O)oc2c1. The van der Waals surface area contributed by atoms with Crippen LogP contribution in [0, 0.1) is 0 Å². The Kier molecular flexibility index (Phi) is 3.49. The van der Waals surface area contributed by atoms with Gasteiger partial charge in [0, 0.05) is 16.4 Å². The highest BCUT2D eigenvalue weighted by Gasteiger charge is 2.12. The summed E-state index contributed by atoms with van der Waals surface area (Å²) in [6.45, 7) is 2.32. The number of benzene rings is 1. The van der Waals surface area contributed by atoms with Crippen molar-refractivity contribution in [2.75, 3.05) is 6.61 Å². The lowest BCUT2D eigenvalue weighted by Crippen LogP contribution is -2.11. The van der Waals surface area contributed by atoms with Crippen molar-refractivity contribution in [3.8, 4) is 5.75 Å². The highest BCUT2D eigenvalue weighted by Crippen LogP contribution is 2.20. The van der Waals surface area contributed by atoms with Crippen LogP contribution in [0.15, 0.2) is 38.6 Å². The monoisotopic (exact) mass is 259 g/mol. The molecule has 0 aliphatic heterocycles. The lowest BCUT2D eigenvalue weighted by atomic mass is 10.2. The largest absolute Gasteiger partial charge is 0.494 e. The first-order valence-corrected chi connectivity index (χ1v) is 5.46. The van der Waals surface area contributed by atoms with Gasteiger partial charge in [-0.15, -0.1) is 0 Å². The Hall–Kier alpha value is -2.79. The van der Waals surface area contributed by atoms with Gasteiger partial charge in [-0.3, -0.25) is 4.79 Å². The van der Waals surface area contributed by atoms with Crippen LogP contribution in [0.1, 0.15) is 17.3 Å². The Morgan fingerprint density at radius 1 is 1.47 bits per heavy atom. The summed E-state index contributed by atoms with van der Waals surface area (Å²) in [5.74, 6) is -0.403. The molecule has 0 bridgehead atoms. The van der Waals surface area contributed by atoms with Crippen LogP contribution in [0.5, 0.6) is 5.75 Å². The van der Waals surface area contributed by atoms with Gasteiger partial charge in [0.2, 0.25) is 0 Å². The quantitative estimate of drug-likeness (QED) is 0.365. The molecule has 0 atom stereocenters. The molecular weight excluding hydrogens is 250 g/mol. The maximum absolute atomic E-state index is 11.6. The van der Waals surface area contributed by atoms with Gasteiger partial charge in [-0.1, -0.05) is 0 Å². The third-order valence-corrected chi connectivity index (χ3v) is 2.38. The summed E-state index contributed by atoms with van der Waals surface area (Å²) in [6, 6.07) is 6.22. The van der Waals surface area contributed by atoms with Crippen molar-refractivity contribution in [2.45, 2.75) is 6.92 Å². The standard InChI is InChI=1S/C12H9N3O4/c1-2-18-8-4-3-7-5-9(11(16)14-15-13)12(17)19-10(7)6-8/h3-6H,2H2,1H3. The number of hydrogen-bond acceptors (Lipinski definition) is 4. The van der Waals surface area contributed by atoms with Crippen molar-refractivity contribution >= 4 is 16.9 Å². The predicted molar refractivity (Wildman–Crippen MR) is 67.1 cm³/mol. The van der Waals surface area contributed by atoms with Crippen LogP contribution in [0.4, 0.5) is 0 Å². The molecule has 1 amide bonds. The maximum atomic E-state index is 11.6. The van der Waals surface area contributed by atoms with E-state index in [0.29, 0.717) is 23.3 Å². The summed E-state index contributed by atoms with van der Waals surface area (Å²) in [6.07, 6.45) is 0. The van der Waals surface area contributed by atoms with E-state index < -0.39 is 11.5 Å². The van der Waals surface area contributed by atoms with Crippen molar-refractivity contribution in [3.63, 3.8) is 0 Å². The number of ether oxygens (including phenoxy) is 1. The predicted octanol–water partition coefficient (Wildman–Crippen LogP) is 2.64. The average molecular weight is 259 g/mol. The minimum absolute atomic E-state index is 0.297. The number of amides is 1. The third-order valence-electron chi connectivity index (χ3n) is 2.38. The van der Waals surface area contributed by atoms with Crippen LogP contribution in [-0.4, -0.2) is 12.5 Å². The molecule has 7 heteroatoms. The molecule has 0 radical (unpaired) electrons. The number of nitrogens with zero attached hydrogens (tertiary/aromatic N) is 3. The fourth-order valence-electron chi connectivity index (χ4n) is 1.59. The minimum Gasteiger partial charge on any atom is -0.494 e. The second kappa shape index (κ2) is 5.24. The average Bonchev–Trinajstić information content (AvgIpc) is 2.38. The van der Waals surface area contributed by atoms with Gasteiger partial charge < -0.3 is 9.15 Å². The zero-order valence-corrected chi connectivity index (χ0v) is 9.99. The van der Waals surface area contributed by atoms with Crippen molar-refractivity contribution < 1.29 is 13.9 Å². The van der Waals surface area contributed by atoms with E-state index in [1.807, 2.05) is 6.92 Å². The number of rotatable bonds is 3. The van der Waals surface area contributed by atoms with Crippen LogP contribution >= 0.6 is 0 Å². The number of fused-ring (bicyclic) bond motifs is 1. The van der Waals surface area contributed by atoms with E-state index in [2.05, 4.69) is 10.0 Å². The van der Waals surface area contributed by atoms with E-state index in [-0.39, 0.29) is 5.56 Å². The normalized spacial score (nSPS) is 9.95. The highest BCUT2D eigenvalue weighted by molar-refractivity contribution is 5.97. The molecule has 0 saturated heterocycles. The first-order chi connectivity index (χ1) is 9.15. The molecule has 1 aromatic heterocycles. The Labute approximate surface area is 107 Å². The van der Waals surface area contributed by atoms with E-state index in [4.69, 9.17) is 14.7 Å². The van der Waals surface area contributed by atoms with Gasteiger partial charge in [0.1, 0.15) is 16.9 Å². The summed E-state index contributed by atoms with van der Waals surface area (Å²) in [4.78, 5) is 25.3. The minimum atomic E-state index is -0.966. The number of hydrogen-bond donors (Lipinski definition) is 0. The number of carbonyl (C=O) groups is 1. The number of azide groups is 1. The first-order valence-electron chi connectivity index (χ1n) is 5.46. The molecule has 1 aromatic carbocycles. The summed E-state index contributed by atoms with van der Waals surface area (Å²) < 4.78 is 10.3. The molecule has 2 rings (SSSR count). The molecular formula is C12H9N3O4. The maximum Gasteiger partial charge on any atom is 0.347 e. The molecule has 2 aromatic rings. The Morgan fingerprint density at radius 3 is 2.95 bits per heavy atom. The molecule has 0 fully saturated rings. The van der Waals surface area contributed by atoms with Gasteiger partial charge in [-0.2, -0.15) is 0 Å². The zero-order chi connectivity index (χ0) is 13.8. The van der Waals surface area contributed by atoms with Crippen molar-refractivity contribution in [2.24, 2.45) is 5.11 Å². The molecule has 0 unspecified atom stereocenters. The Bertz CT molecular complexity index is 744. The smallest absolute Gasteiger partial charge is 0.347 e. The van der Waals surface area contributed by atoms with E-state index in [1.165, 1.54) is 6.07 Å². The molecule has 0 saturated carbocycles. The van der Waals surface area contributed by atoms with Gasteiger partial charge in [0.15, 0.2) is 0 Å². The fourth-order valence-corrected chi connectivity index (χ4v) is 1.59. The van der Waals surface area contributed by atoms with Crippen molar-refractivity contribution in [1.82, 2.24) is 0 Å². The molecule has 0 aliphatic carbocycles. The topological polar surface area (TPSA) is 105 Å². The van der Waals surface area contributed by atoms with E-state index in [1.54, 1.807) is 18.2 Å². The Morgan fingerprint density at radius 2 is 2.26 bits per heavy atom. The van der Waals surface area contributed by atoms with E-state index >= 15 is 0 Å². The lowest BCUT2D eigenvalue weighted by molar-refractivity contribution is 0.0997. The molecule has 96 valence electrons. The number of carbonyl (C=O) groups excluding carboxylic acids is 1. The highest BCUT2D eigenvalue weighted by atomic mass is 16.5. The third kappa shape index (κ3) is 2.56.